The summed E-state index contributed by atoms with van der Waals surface area (Å²) in [5.74, 6) is 0.709. The van der Waals surface area contributed by atoms with Gasteiger partial charge in [-0.05, 0) is 40.6 Å². The smallest absolute Gasteiger partial charge is 0.243 e. The van der Waals surface area contributed by atoms with Crippen LogP contribution in [0.25, 0.3) is 21.8 Å². The van der Waals surface area contributed by atoms with E-state index in [9.17, 15) is 8.42 Å². The fourth-order valence-corrected chi connectivity index (χ4v) is 5.23. The van der Waals surface area contributed by atoms with Crippen molar-refractivity contribution in [3.63, 3.8) is 0 Å². The Labute approximate surface area is 187 Å². The number of fused-ring (bicyclic) bond motifs is 2. The van der Waals surface area contributed by atoms with Crippen molar-refractivity contribution in [2.75, 3.05) is 7.05 Å². The van der Waals surface area contributed by atoms with Crippen LogP contribution in [0.5, 0.6) is 0 Å². The van der Waals surface area contributed by atoms with Gasteiger partial charge in [0.25, 0.3) is 0 Å². The molecule has 160 valence electrons. The molecule has 32 heavy (non-hydrogen) atoms. The number of aromatic nitrogens is 2. The summed E-state index contributed by atoms with van der Waals surface area (Å²) in [5, 5.41) is 2.36. The minimum atomic E-state index is -3.62. The Kier molecular flexibility index (Phi) is 5.25. The molecule has 0 unspecified atom stereocenters. The number of hydrogen-bond acceptors (Lipinski definition) is 3. The average molecular weight is 442 g/mol. The van der Waals surface area contributed by atoms with Gasteiger partial charge in [-0.1, -0.05) is 72.8 Å². The third kappa shape index (κ3) is 3.68. The second-order valence-electron chi connectivity index (χ2n) is 7.82. The highest BCUT2D eigenvalue weighted by atomic mass is 32.2. The molecule has 1 aromatic heterocycles. The number of rotatable bonds is 6. The SMILES string of the molecule is CN(Cc1nc2ccccc2n1Cc1cccc2ccccc12)S(=O)(=O)c1ccccc1. The van der Waals surface area contributed by atoms with Crippen LogP contribution in [0.3, 0.4) is 0 Å². The molecular formula is C26H23N3O2S. The number of hydrogen-bond donors (Lipinski definition) is 0. The van der Waals surface area contributed by atoms with Crippen LogP contribution in [-0.2, 0) is 23.1 Å². The second kappa shape index (κ2) is 8.22. The van der Waals surface area contributed by atoms with Crippen molar-refractivity contribution in [1.82, 2.24) is 13.9 Å². The zero-order valence-electron chi connectivity index (χ0n) is 17.7. The van der Waals surface area contributed by atoms with Crippen molar-refractivity contribution >= 4 is 31.8 Å². The first-order valence-corrected chi connectivity index (χ1v) is 11.9. The van der Waals surface area contributed by atoms with Gasteiger partial charge in [-0.25, -0.2) is 13.4 Å². The van der Waals surface area contributed by atoms with E-state index in [-0.39, 0.29) is 11.4 Å². The van der Waals surface area contributed by atoms with Gasteiger partial charge in [0.05, 0.1) is 22.5 Å². The molecule has 5 aromatic rings. The first-order valence-electron chi connectivity index (χ1n) is 10.5. The molecule has 0 spiro atoms. The Morgan fingerprint density at radius 3 is 2.34 bits per heavy atom. The summed E-state index contributed by atoms with van der Waals surface area (Å²) in [7, 11) is -2.02. The van der Waals surface area contributed by atoms with Gasteiger partial charge in [0.1, 0.15) is 5.82 Å². The van der Waals surface area contributed by atoms with E-state index >= 15 is 0 Å². The van der Waals surface area contributed by atoms with Gasteiger partial charge in [0.2, 0.25) is 10.0 Å². The molecule has 5 nitrogen and oxygen atoms in total. The van der Waals surface area contributed by atoms with Gasteiger partial charge in [-0.2, -0.15) is 4.31 Å². The third-order valence-corrected chi connectivity index (χ3v) is 7.58. The van der Waals surface area contributed by atoms with Crippen LogP contribution in [-0.4, -0.2) is 29.3 Å². The van der Waals surface area contributed by atoms with Crippen LogP contribution in [0.4, 0.5) is 0 Å². The zero-order chi connectivity index (χ0) is 22.1. The molecule has 0 aliphatic rings. The topological polar surface area (TPSA) is 55.2 Å². The minimum Gasteiger partial charge on any atom is -0.322 e. The Morgan fingerprint density at radius 2 is 1.50 bits per heavy atom. The van der Waals surface area contributed by atoms with E-state index in [1.807, 2.05) is 42.5 Å². The zero-order valence-corrected chi connectivity index (χ0v) is 18.5. The highest BCUT2D eigenvalue weighted by Crippen LogP contribution is 2.25. The van der Waals surface area contributed by atoms with Crippen LogP contribution in [0.2, 0.25) is 0 Å². The molecule has 0 aliphatic heterocycles. The lowest BCUT2D eigenvalue weighted by molar-refractivity contribution is 0.450. The maximum Gasteiger partial charge on any atom is 0.243 e. The predicted molar refractivity (Wildman–Crippen MR) is 128 cm³/mol. The molecule has 4 aromatic carbocycles. The molecule has 5 rings (SSSR count). The fourth-order valence-electron chi connectivity index (χ4n) is 4.08. The number of para-hydroxylation sites is 2. The number of benzene rings is 4. The van der Waals surface area contributed by atoms with Crippen molar-refractivity contribution in [3.05, 3.63) is 108 Å². The standard InChI is InChI=1S/C26H23N3O2S/c1-28(32(30,31)22-13-3-2-4-14-22)19-26-27-24-16-7-8-17-25(24)29(26)18-21-12-9-11-20-10-5-6-15-23(20)21/h2-17H,18-19H2,1H3. The van der Waals surface area contributed by atoms with E-state index in [2.05, 4.69) is 34.9 Å². The van der Waals surface area contributed by atoms with Crippen molar-refractivity contribution < 1.29 is 8.42 Å². The Morgan fingerprint density at radius 1 is 0.812 bits per heavy atom. The molecule has 0 saturated heterocycles. The van der Waals surface area contributed by atoms with Crippen molar-refractivity contribution in [3.8, 4) is 0 Å². The first kappa shape index (κ1) is 20.4. The van der Waals surface area contributed by atoms with Crippen LogP contribution < -0.4 is 0 Å². The summed E-state index contributed by atoms with van der Waals surface area (Å²) >= 11 is 0. The van der Waals surface area contributed by atoms with E-state index in [4.69, 9.17) is 4.98 Å². The first-order chi connectivity index (χ1) is 15.5. The molecule has 0 N–H and O–H groups in total. The van der Waals surface area contributed by atoms with Crippen molar-refractivity contribution in [1.29, 1.82) is 0 Å². The summed E-state index contributed by atoms with van der Waals surface area (Å²) in [6.07, 6.45) is 0. The maximum atomic E-state index is 13.1. The molecule has 0 bridgehead atoms. The maximum absolute atomic E-state index is 13.1. The molecule has 0 radical (unpaired) electrons. The molecule has 0 amide bonds. The summed E-state index contributed by atoms with van der Waals surface area (Å²) in [5.41, 5.74) is 3.01. The highest BCUT2D eigenvalue weighted by Gasteiger charge is 2.23. The van der Waals surface area contributed by atoms with Crippen LogP contribution in [0.15, 0.2) is 102 Å². The lowest BCUT2D eigenvalue weighted by Crippen LogP contribution is -2.28. The number of nitrogens with zero attached hydrogens (tertiary/aromatic N) is 3. The largest absolute Gasteiger partial charge is 0.322 e. The average Bonchev–Trinajstić information content (AvgIpc) is 3.16. The quantitative estimate of drug-likeness (QED) is 0.370. The van der Waals surface area contributed by atoms with E-state index in [0.717, 1.165) is 11.0 Å². The minimum absolute atomic E-state index is 0.177. The van der Waals surface area contributed by atoms with Gasteiger partial charge in [0.15, 0.2) is 0 Å². The Hall–Kier alpha value is -3.48. The van der Waals surface area contributed by atoms with Gasteiger partial charge in [0, 0.05) is 13.6 Å². The van der Waals surface area contributed by atoms with Gasteiger partial charge in [-0.15, -0.1) is 0 Å². The molecular weight excluding hydrogens is 418 g/mol. The summed E-state index contributed by atoms with van der Waals surface area (Å²) < 4.78 is 29.7. The molecule has 0 atom stereocenters. The lowest BCUT2D eigenvalue weighted by Gasteiger charge is -2.18. The number of imidazole rings is 1. The molecule has 0 saturated carbocycles. The van der Waals surface area contributed by atoms with Crippen molar-refractivity contribution in [2.24, 2.45) is 0 Å². The summed E-state index contributed by atoms with van der Waals surface area (Å²) in [6, 6.07) is 31.0. The Bertz CT molecular complexity index is 1500. The van der Waals surface area contributed by atoms with Crippen molar-refractivity contribution in [2.45, 2.75) is 18.0 Å². The number of sulfonamides is 1. The normalized spacial score (nSPS) is 12.1. The molecule has 6 heteroatoms. The van der Waals surface area contributed by atoms with E-state index in [0.29, 0.717) is 12.4 Å². The third-order valence-electron chi connectivity index (χ3n) is 5.76. The van der Waals surface area contributed by atoms with Gasteiger partial charge < -0.3 is 4.57 Å². The Balaban J connectivity index is 1.57. The highest BCUT2D eigenvalue weighted by molar-refractivity contribution is 7.89. The molecule has 0 aliphatic carbocycles. The molecule has 1 heterocycles. The van der Waals surface area contributed by atoms with E-state index < -0.39 is 10.0 Å². The summed E-state index contributed by atoms with van der Waals surface area (Å²) in [6.45, 7) is 0.785. The monoisotopic (exact) mass is 441 g/mol. The van der Waals surface area contributed by atoms with E-state index in [1.54, 1.807) is 31.3 Å². The van der Waals surface area contributed by atoms with Gasteiger partial charge in [-0.3, -0.25) is 0 Å². The van der Waals surface area contributed by atoms with Gasteiger partial charge >= 0.3 is 0 Å². The predicted octanol–water partition coefficient (Wildman–Crippen LogP) is 5.06. The second-order valence-corrected chi connectivity index (χ2v) is 9.86. The lowest BCUT2D eigenvalue weighted by atomic mass is 10.0. The van der Waals surface area contributed by atoms with Crippen LogP contribution in [0, 0.1) is 0 Å². The summed E-state index contributed by atoms with van der Waals surface area (Å²) in [4.78, 5) is 5.07. The fraction of sp³-hybridized carbons (Fsp3) is 0.115. The van der Waals surface area contributed by atoms with E-state index in [1.165, 1.54) is 20.6 Å². The molecule has 0 fully saturated rings. The van der Waals surface area contributed by atoms with Crippen LogP contribution >= 0.6 is 0 Å². The van der Waals surface area contributed by atoms with Crippen LogP contribution in [0.1, 0.15) is 11.4 Å².